The molecule has 1 aliphatic heterocycles. The van der Waals surface area contributed by atoms with Crippen LogP contribution in [0, 0.1) is 23.6 Å². The second-order valence-electron chi connectivity index (χ2n) is 9.02. The Kier molecular flexibility index (Phi) is 5.69. The van der Waals surface area contributed by atoms with Gasteiger partial charge in [-0.2, -0.15) is 0 Å². The molecule has 31 heavy (non-hydrogen) atoms. The molecule has 1 fully saturated rings. The number of carbonyl (C=O) groups is 1. The lowest BCUT2D eigenvalue weighted by Gasteiger charge is -2.36. The van der Waals surface area contributed by atoms with Gasteiger partial charge in [-0.25, -0.2) is 26.9 Å². The predicted octanol–water partition coefficient (Wildman–Crippen LogP) is 2.54. The second-order valence-corrected chi connectivity index (χ2v) is 11.0. The highest BCUT2D eigenvalue weighted by Crippen LogP contribution is 2.36. The van der Waals surface area contributed by atoms with Gasteiger partial charge in [0.05, 0.1) is 11.3 Å². The van der Waals surface area contributed by atoms with Crippen LogP contribution >= 0.6 is 0 Å². The third-order valence-corrected chi connectivity index (χ3v) is 6.79. The molecule has 0 spiro atoms. The van der Waals surface area contributed by atoms with E-state index in [0.29, 0.717) is 11.5 Å². The maximum atomic E-state index is 15.0. The molecule has 1 saturated carbocycles. The summed E-state index contributed by atoms with van der Waals surface area (Å²) in [5, 5.41) is 2.35. The fourth-order valence-corrected chi connectivity index (χ4v) is 4.55. The minimum absolute atomic E-state index is 0.00198. The van der Waals surface area contributed by atoms with E-state index in [2.05, 4.69) is 22.2 Å². The van der Waals surface area contributed by atoms with E-state index >= 15 is 4.39 Å². The number of guanidine groups is 1. The topological polar surface area (TPSA) is 114 Å². The minimum Gasteiger partial charge on any atom is -0.444 e. The summed E-state index contributed by atoms with van der Waals surface area (Å²) in [6, 6.07) is 2.56. The van der Waals surface area contributed by atoms with Gasteiger partial charge in [-0.1, -0.05) is 11.8 Å². The number of alkyl carbamates (subject to hydrolysis) is 1. The molecule has 0 unspecified atom stereocenters. The van der Waals surface area contributed by atoms with Crippen LogP contribution in [0.1, 0.15) is 51.7 Å². The van der Waals surface area contributed by atoms with Crippen LogP contribution in [0.4, 0.5) is 14.9 Å². The number of sulfonamides is 1. The van der Waals surface area contributed by atoms with Crippen molar-refractivity contribution in [1.82, 2.24) is 9.62 Å². The summed E-state index contributed by atoms with van der Waals surface area (Å²) in [7, 11) is -2.66. The van der Waals surface area contributed by atoms with Gasteiger partial charge < -0.3 is 10.5 Å². The fraction of sp³-hybridized carbons (Fsp3) is 0.524. The van der Waals surface area contributed by atoms with E-state index in [0.717, 1.165) is 17.1 Å². The van der Waals surface area contributed by atoms with E-state index in [1.165, 1.54) is 26.1 Å². The first-order valence-electron chi connectivity index (χ1n) is 9.88. The Morgan fingerprint density at radius 3 is 2.61 bits per heavy atom. The van der Waals surface area contributed by atoms with E-state index in [9.17, 15) is 13.2 Å². The first-order chi connectivity index (χ1) is 14.2. The lowest BCUT2D eigenvalue weighted by Crippen LogP contribution is -2.54. The second kappa shape index (κ2) is 7.71. The van der Waals surface area contributed by atoms with Crippen molar-refractivity contribution in [3.05, 3.63) is 29.1 Å². The molecule has 1 aromatic rings. The van der Waals surface area contributed by atoms with Crippen LogP contribution in [-0.4, -0.2) is 43.2 Å². The molecule has 0 saturated heterocycles. The van der Waals surface area contributed by atoms with Crippen molar-refractivity contribution in [3.63, 3.8) is 0 Å². The Bertz CT molecular complexity index is 1110. The fourth-order valence-electron chi connectivity index (χ4n) is 3.08. The Balaban J connectivity index is 2.00. The number of nitrogens with zero attached hydrogens (tertiary/aromatic N) is 2. The van der Waals surface area contributed by atoms with Crippen LogP contribution in [0.5, 0.6) is 0 Å². The van der Waals surface area contributed by atoms with Crippen molar-refractivity contribution in [3.8, 4) is 11.8 Å². The lowest BCUT2D eigenvalue weighted by molar-refractivity contribution is 0.0559. The van der Waals surface area contributed by atoms with Crippen LogP contribution < -0.4 is 11.1 Å². The van der Waals surface area contributed by atoms with Crippen molar-refractivity contribution in [2.75, 3.05) is 18.5 Å². The number of anilines is 1. The zero-order valence-corrected chi connectivity index (χ0v) is 19.1. The molecule has 3 N–H and O–H groups in total. The summed E-state index contributed by atoms with van der Waals surface area (Å²) in [6.45, 7) is 6.49. The summed E-state index contributed by atoms with van der Waals surface area (Å²) >= 11 is 0. The smallest absolute Gasteiger partial charge is 0.414 e. The number of rotatable bonds is 1. The Morgan fingerprint density at radius 1 is 1.39 bits per heavy atom. The third-order valence-electron chi connectivity index (χ3n) is 4.85. The molecular weight excluding hydrogens is 423 g/mol. The highest BCUT2D eigenvalue weighted by molar-refractivity contribution is 7.89. The minimum atomic E-state index is -3.91. The predicted molar refractivity (Wildman–Crippen MR) is 116 cm³/mol. The number of hydrogen-bond acceptors (Lipinski definition) is 6. The van der Waals surface area contributed by atoms with Crippen molar-refractivity contribution in [2.24, 2.45) is 10.9 Å². The van der Waals surface area contributed by atoms with Crippen molar-refractivity contribution < 1.29 is 22.3 Å². The molecule has 2 aliphatic rings. The van der Waals surface area contributed by atoms with Gasteiger partial charge >= 0.3 is 6.09 Å². The number of hydrogen-bond donors (Lipinski definition) is 2. The van der Waals surface area contributed by atoms with Gasteiger partial charge in [0.1, 0.15) is 17.0 Å². The molecule has 1 aliphatic carbocycles. The number of nitrogens with two attached hydrogens (primary N) is 1. The zero-order valence-electron chi connectivity index (χ0n) is 18.2. The number of nitrogen functional groups attached to an aromatic ring is 1. The van der Waals surface area contributed by atoms with Crippen molar-refractivity contribution in [1.29, 1.82) is 0 Å². The molecule has 168 valence electrons. The number of aliphatic imine (C=N–C) groups is 1. The molecule has 1 aromatic carbocycles. The molecular formula is C21H27FN4O4S. The average Bonchev–Trinajstić information content (AvgIpc) is 3.42. The maximum Gasteiger partial charge on any atom is 0.414 e. The van der Waals surface area contributed by atoms with E-state index in [1.54, 1.807) is 20.8 Å². The summed E-state index contributed by atoms with van der Waals surface area (Å²) < 4.78 is 46.6. The molecule has 1 atom stereocenters. The summed E-state index contributed by atoms with van der Waals surface area (Å²) in [6.07, 6.45) is 1.18. The number of halogens is 1. The molecule has 3 rings (SSSR count). The number of ether oxygens (including phenoxy) is 1. The van der Waals surface area contributed by atoms with E-state index in [1.807, 2.05) is 0 Å². The van der Waals surface area contributed by atoms with Crippen LogP contribution in [0.3, 0.4) is 0 Å². The Hall–Kier alpha value is -2.80. The molecule has 0 aromatic heterocycles. The summed E-state index contributed by atoms with van der Waals surface area (Å²) in [5.41, 5.74) is 4.35. The first-order valence-corrected chi connectivity index (χ1v) is 11.5. The lowest BCUT2D eigenvalue weighted by atomic mass is 9.92. The summed E-state index contributed by atoms with van der Waals surface area (Å²) in [5.74, 6) is 4.80. The van der Waals surface area contributed by atoms with E-state index in [-0.39, 0.29) is 17.2 Å². The maximum absolute atomic E-state index is 15.0. The van der Waals surface area contributed by atoms with Crippen molar-refractivity contribution >= 4 is 27.8 Å². The van der Waals surface area contributed by atoms with E-state index < -0.39 is 38.8 Å². The van der Waals surface area contributed by atoms with Gasteiger partial charge in [0.2, 0.25) is 16.0 Å². The number of benzene rings is 1. The number of amides is 1. The van der Waals surface area contributed by atoms with Gasteiger partial charge in [0, 0.05) is 24.2 Å². The van der Waals surface area contributed by atoms with Gasteiger partial charge in [0.25, 0.3) is 0 Å². The standard InChI is InChI=1S/C21H27FN4O4S/c1-20(2,3)30-19(27)24-18-25-21(4,12-31(28,29)26(18)5)15-11-17(23)14(10-16(15)22)9-8-13-6-7-13/h10-11,13H,6-7,12,23H2,1-5H3,(H,24,25,27)/t21-/m0/s1. The van der Waals surface area contributed by atoms with Crippen LogP contribution in [0.25, 0.3) is 0 Å². The largest absolute Gasteiger partial charge is 0.444 e. The van der Waals surface area contributed by atoms with Gasteiger partial charge in [0.15, 0.2) is 0 Å². The Morgan fingerprint density at radius 2 is 2.03 bits per heavy atom. The third kappa shape index (κ3) is 5.28. The van der Waals surface area contributed by atoms with Crippen LogP contribution in [0.15, 0.2) is 17.1 Å². The summed E-state index contributed by atoms with van der Waals surface area (Å²) in [4.78, 5) is 16.6. The highest BCUT2D eigenvalue weighted by atomic mass is 32.2. The zero-order chi connectivity index (χ0) is 23.2. The van der Waals surface area contributed by atoms with Gasteiger partial charge in [-0.05, 0) is 52.7 Å². The normalized spacial score (nSPS) is 22.8. The van der Waals surface area contributed by atoms with Crippen LogP contribution in [-0.2, 0) is 20.3 Å². The van der Waals surface area contributed by atoms with Gasteiger partial charge in [-0.3, -0.25) is 5.32 Å². The molecule has 1 heterocycles. The quantitative estimate of drug-likeness (QED) is 0.504. The molecule has 0 radical (unpaired) electrons. The molecule has 10 heteroatoms. The van der Waals surface area contributed by atoms with Gasteiger partial charge in [-0.15, -0.1) is 0 Å². The monoisotopic (exact) mass is 450 g/mol. The molecule has 8 nitrogen and oxygen atoms in total. The SMILES string of the molecule is CN1C(NC(=O)OC(C)(C)C)=N[C@](C)(c2cc(N)c(C#CC3CC3)cc2F)CS1(=O)=O. The highest BCUT2D eigenvalue weighted by Gasteiger charge is 2.43. The first kappa shape index (κ1) is 22.9. The molecule has 0 bridgehead atoms. The van der Waals surface area contributed by atoms with Crippen LogP contribution in [0.2, 0.25) is 0 Å². The van der Waals surface area contributed by atoms with E-state index in [4.69, 9.17) is 10.5 Å². The molecule has 1 amide bonds. The Labute approximate surface area is 182 Å². The number of carbonyl (C=O) groups excluding carboxylic acids is 1. The number of nitrogens with one attached hydrogen (secondary N) is 1. The average molecular weight is 451 g/mol. The van der Waals surface area contributed by atoms with Crippen molar-refractivity contribution in [2.45, 2.75) is 51.7 Å².